The first-order valence-electron chi connectivity index (χ1n) is 6.28. The molecule has 0 saturated heterocycles. The SMILES string of the molecule is NC1(c2ncc(-c3cccc(F)c3)[nH]2)CCCC1. The van der Waals surface area contributed by atoms with Crippen LogP contribution in [0.2, 0.25) is 0 Å². The van der Waals surface area contributed by atoms with Gasteiger partial charge in [-0.2, -0.15) is 0 Å². The average molecular weight is 245 g/mol. The van der Waals surface area contributed by atoms with Crippen LogP contribution in [0.15, 0.2) is 30.5 Å². The number of rotatable bonds is 2. The summed E-state index contributed by atoms with van der Waals surface area (Å²) in [5.41, 5.74) is 7.63. The number of aromatic nitrogens is 2. The predicted octanol–water partition coefficient (Wildman–Crippen LogP) is 2.94. The van der Waals surface area contributed by atoms with Gasteiger partial charge in [0, 0.05) is 5.56 Å². The fourth-order valence-corrected chi connectivity index (χ4v) is 2.62. The van der Waals surface area contributed by atoms with Gasteiger partial charge in [0.25, 0.3) is 0 Å². The van der Waals surface area contributed by atoms with Gasteiger partial charge < -0.3 is 10.7 Å². The van der Waals surface area contributed by atoms with E-state index in [-0.39, 0.29) is 11.4 Å². The molecule has 1 fully saturated rings. The Bertz CT molecular complexity index is 556. The van der Waals surface area contributed by atoms with Crippen LogP contribution in [-0.2, 0) is 5.54 Å². The van der Waals surface area contributed by atoms with Crippen molar-refractivity contribution in [3.8, 4) is 11.3 Å². The monoisotopic (exact) mass is 245 g/mol. The molecule has 2 aromatic rings. The maximum atomic E-state index is 13.2. The van der Waals surface area contributed by atoms with E-state index in [0.29, 0.717) is 0 Å². The molecule has 3 nitrogen and oxygen atoms in total. The summed E-state index contributed by atoms with van der Waals surface area (Å²) in [6.07, 6.45) is 5.95. The highest BCUT2D eigenvalue weighted by Crippen LogP contribution is 2.35. The van der Waals surface area contributed by atoms with Crippen molar-refractivity contribution in [2.45, 2.75) is 31.2 Å². The normalized spacial score (nSPS) is 18.1. The van der Waals surface area contributed by atoms with Gasteiger partial charge in [-0.05, 0) is 25.0 Å². The Balaban J connectivity index is 1.94. The number of nitrogens with zero attached hydrogens (tertiary/aromatic N) is 1. The predicted molar refractivity (Wildman–Crippen MR) is 68.3 cm³/mol. The van der Waals surface area contributed by atoms with Crippen LogP contribution in [0, 0.1) is 5.82 Å². The zero-order valence-electron chi connectivity index (χ0n) is 10.1. The highest BCUT2D eigenvalue weighted by Gasteiger charge is 2.33. The molecule has 94 valence electrons. The van der Waals surface area contributed by atoms with Crippen molar-refractivity contribution in [2.75, 3.05) is 0 Å². The van der Waals surface area contributed by atoms with Crippen molar-refractivity contribution in [1.82, 2.24) is 9.97 Å². The Labute approximate surface area is 105 Å². The van der Waals surface area contributed by atoms with Gasteiger partial charge in [-0.3, -0.25) is 0 Å². The van der Waals surface area contributed by atoms with E-state index >= 15 is 0 Å². The van der Waals surface area contributed by atoms with Gasteiger partial charge in [-0.25, -0.2) is 9.37 Å². The van der Waals surface area contributed by atoms with Crippen molar-refractivity contribution in [3.05, 3.63) is 42.1 Å². The highest BCUT2D eigenvalue weighted by molar-refractivity contribution is 5.58. The minimum absolute atomic E-state index is 0.244. The van der Waals surface area contributed by atoms with E-state index in [2.05, 4.69) is 9.97 Å². The zero-order chi connectivity index (χ0) is 12.6. The fourth-order valence-electron chi connectivity index (χ4n) is 2.62. The number of hydrogen-bond donors (Lipinski definition) is 2. The summed E-state index contributed by atoms with van der Waals surface area (Å²) in [7, 11) is 0. The van der Waals surface area contributed by atoms with Crippen LogP contribution >= 0.6 is 0 Å². The van der Waals surface area contributed by atoms with Crippen molar-refractivity contribution in [2.24, 2.45) is 5.73 Å². The topological polar surface area (TPSA) is 54.7 Å². The first-order valence-corrected chi connectivity index (χ1v) is 6.28. The molecule has 1 heterocycles. The first kappa shape index (κ1) is 11.4. The van der Waals surface area contributed by atoms with Crippen LogP contribution in [-0.4, -0.2) is 9.97 Å². The Morgan fingerprint density at radius 1 is 1.28 bits per heavy atom. The van der Waals surface area contributed by atoms with Gasteiger partial charge >= 0.3 is 0 Å². The molecule has 1 aromatic carbocycles. The molecule has 0 atom stereocenters. The Morgan fingerprint density at radius 3 is 2.78 bits per heavy atom. The molecule has 1 saturated carbocycles. The van der Waals surface area contributed by atoms with E-state index in [4.69, 9.17) is 5.73 Å². The van der Waals surface area contributed by atoms with E-state index in [9.17, 15) is 4.39 Å². The summed E-state index contributed by atoms with van der Waals surface area (Å²) in [5.74, 6) is 0.575. The lowest BCUT2D eigenvalue weighted by Crippen LogP contribution is -2.34. The summed E-state index contributed by atoms with van der Waals surface area (Å²) in [6.45, 7) is 0. The number of halogens is 1. The van der Waals surface area contributed by atoms with Crippen LogP contribution in [0.25, 0.3) is 11.3 Å². The molecule has 0 aliphatic heterocycles. The maximum absolute atomic E-state index is 13.2. The number of benzene rings is 1. The van der Waals surface area contributed by atoms with E-state index in [0.717, 1.165) is 42.8 Å². The molecule has 0 amide bonds. The fraction of sp³-hybridized carbons (Fsp3) is 0.357. The van der Waals surface area contributed by atoms with Crippen molar-refractivity contribution < 1.29 is 4.39 Å². The smallest absolute Gasteiger partial charge is 0.126 e. The quantitative estimate of drug-likeness (QED) is 0.854. The van der Waals surface area contributed by atoms with Crippen LogP contribution in [0.4, 0.5) is 4.39 Å². The Hall–Kier alpha value is -1.68. The number of hydrogen-bond acceptors (Lipinski definition) is 2. The van der Waals surface area contributed by atoms with E-state index in [1.54, 1.807) is 12.3 Å². The van der Waals surface area contributed by atoms with Crippen LogP contribution in [0.1, 0.15) is 31.5 Å². The Kier molecular flexibility index (Phi) is 2.67. The second kappa shape index (κ2) is 4.21. The molecule has 18 heavy (non-hydrogen) atoms. The third-order valence-electron chi connectivity index (χ3n) is 3.68. The van der Waals surface area contributed by atoms with Crippen LogP contribution in [0.5, 0.6) is 0 Å². The molecule has 1 aromatic heterocycles. The molecule has 0 spiro atoms. The van der Waals surface area contributed by atoms with Gasteiger partial charge in [-0.15, -0.1) is 0 Å². The van der Waals surface area contributed by atoms with Crippen molar-refractivity contribution >= 4 is 0 Å². The summed E-state index contributed by atoms with van der Waals surface area (Å²) >= 11 is 0. The number of aromatic amines is 1. The van der Waals surface area contributed by atoms with Crippen molar-refractivity contribution in [1.29, 1.82) is 0 Å². The average Bonchev–Trinajstić information content (AvgIpc) is 2.98. The highest BCUT2D eigenvalue weighted by atomic mass is 19.1. The van der Waals surface area contributed by atoms with Gasteiger partial charge in [0.15, 0.2) is 0 Å². The lowest BCUT2D eigenvalue weighted by Gasteiger charge is -2.20. The minimum atomic E-state index is -0.328. The number of imidazole rings is 1. The first-order chi connectivity index (χ1) is 8.67. The van der Waals surface area contributed by atoms with Gasteiger partial charge in [0.1, 0.15) is 11.6 Å². The van der Waals surface area contributed by atoms with Crippen LogP contribution < -0.4 is 5.73 Å². The number of nitrogens with one attached hydrogen (secondary N) is 1. The molecule has 0 bridgehead atoms. The largest absolute Gasteiger partial charge is 0.340 e. The number of H-pyrrole nitrogens is 1. The zero-order valence-corrected chi connectivity index (χ0v) is 10.1. The molecule has 0 radical (unpaired) electrons. The molecule has 3 N–H and O–H groups in total. The second-order valence-corrected chi connectivity index (χ2v) is 5.02. The van der Waals surface area contributed by atoms with Crippen molar-refractivity contribution in [3.63, 3.8) is 0 Å². The summed E-state index contributed by atoms with van der Waals surface area (Å²) in [6, 6.07) is 6.48. The van der Waals surface area contributed by atoms with E-state index in [1.807, 2.05) is 6.07 Å². The summed E-state index contributed by atoms with van der Waals surface area (Å²) < 4.78 is 13.2. The second-order valence-electron chi connectivity index (χ2n) is 5.02. The van der Waals surface area contributed by atoms with Gasteiger partial charge in [-0.1, -0.05) is 25.0 Å². The van der Waals surface area contributed by atoms with Gasteiger partial charge in [0.05, 0.1) is 17.4 Å². The summed E-state index contributed by atoms with van der Waals surface area (Å²) in [4.78, 5) is 7.61. The third kappa shape index (κ3) is 1.93. The molecule has 3 rings (SSSR count). The Morgan fingerprint density at radius 2 is 2.06 bits per heavy atom. The third-order valence-corrected chi connectivity index (χ3v) is 3.68. The molecule has 0 unspecified atom stereocenters. The number of nitrogens with two attached hydrogens (primary N) is 1. The molecule has 1 aliphatic rings. The maximum Gasteiger partial charge on any atom is 0.126 e. The van der Waals surface area contributed by atoms with E-state index in [1.165, 1.54) is 12.1 Å². The standard InChI is InChI=1S/C14H16FN3/c15-11-5-3-4-10(8-11)12-9-17-13(18-12)14(16)6-1-2-7-14/h3-5,8-9H,1-2,6-7,16H2,(H,17,18). The van der Waals surface area contributed by atoms with E-state index < -0.39 is 0 Å². The molecule has 1 aliphatic carbocycles. The minimum Gasteiger partial charge on any atom is -0.340 e. The molecule has 4 heteroatoms. The van der Waals surface area contributed by atoms with Gasteiger partial charge in [0.2, 0.25) is 0 Å². The lowest BCUT2D eigenvalue weighted by molar-refractivity contribution is 0.436. The van der Waals surface area contributed by atoms with Crippen LogP contribution in [0.3, 0.4) is 0 Å². The summed E-state index contributed by atoms with van der Waals surface area (Å²) in [5, 5.41) is 0. The lowest BCUT2D eigenvalue weighted by atomic mass is 9.99. The molecular weight excluding hydrogens is 229 g/mol. The molecular formula is C14H16FN3.